The number of aliphatic hydroxyl groups excluding tert-OH is 1. The third-order valence-corrected chi connectivity index (χ3v) is 2.07. The first-order valence-corrected chi connectivity index (χ1v) is 4.95. The van der Waals surface area contributed by atoms with E-state index in [0.717, 1.165) is 6.07 Å². The molecule has 1 aromatic heterocycles. The Morgan fingerprint density at radius 1 is 1.56 bits per heavy atom. The van der Waals surface area contributed by atoms with Gasteiger partial charge in [-0.3, -0.25) is 0 Å². The van der Waals surface area contributed by atoms with E-state index in [1.807, 2.05) is 0 Å². The van der Waals surface area contributed by atoms with E-state index in [2.05, 4.69) is 9.72 Å². The molecule has 1 heterocycles. The third-order valence-electron chi connectivity index (χ3n) is 2.07. The molecule has 0 fully saturated rings. The molecule has 0 spiro atoms. The van der Waals surface area contributed by atoms with Crippen LogP contribution in [0.5, 0.6) is 0 Å². The van der Waals surface area contributed by atoms with E-state index in [4.69, 9.17) is 10.8 Å². The van der Waals surface area contributed by atoms with Gasteiger partial charge in [-0.15, -0.1) is 0 Å². The molecular weight excluding hydrogens is 253 g/mol. The molecule has 0 atom stereocenters. The minimum absolute atomic E-state index is 0.0494. The number of alkyl halides is 3. The molecule has 0 saturated heterocycles. The Morgan fingerprint density at radius 3 is 2.61 bits per heavy atom. The number of ether oxygens (including phenoxy) is 1. The summed E-state index contributed by atoms with van der Waals surface area (Å²) in [5.41, 5.74) is 3.14. The van der Waals surface area contributed by atoms with Gasteiger partial charge in [0.05, 0.1) is 13.2 Å². The molecule has 0 saturated carbocycles. The van der Waals surface area contributed by atoms with Gasteiger partial charge >= 0.3 is 12.1 Å². The van der Waals surface area contributed by atoms with E-state index in [0.29, 0.717) is 0 Å². The smallest absolute Gasteiger partial charge is 0.433 e. The van der Waals surface area contributed by atoms with Gasteiger partial charge < -0.3 is 15.6 Å². The minimum Gasteiger partial charge on any atom is -0.462 e. The maximum absolute atomic E-state index is 12.6. The van der Waals surface area contributed by atoms with Crippen molar-refractivity contribution in [2.75, 3.05) is 12.3 Å². The number of carbonyl (C=O) groups is 1. The molecule has 1 aromatic rings. The lowest BCUT2D eigenvalue weighted by atomic mass is 10.1. The summed E-state index contributed by atoms with van der Waals surface area (Å²) in [6.07, 6.45) is -4.75. The quantitative estimate of drug-likeness (QED) is 0.805. The van der Waals surface area contributed by atoms with E-state index in [9.17, 15) is 18.0 Å². The second-order valence-corrected chi connectivity index (χ2v) is 3.31. The van der Waals surface area contributed by atoms with Crippen molar-refractivity contribution in [1.29, 1.82) is 0 Å². The fraction of sp³-hybridized carbons (Fsp3) is 0.400. The standard InChI is InChI=1S/C10H11F3N2O3/c1-2-18-9(17)6-3-5(4-16)7(10(11,12)13)15-8(6)14/h3,16H,2,4H2,1H3,(H2,14,15). The molecule has 8 heteroatoms. The summed E-state index contributed by atoms with van der Waals surface area (Å²) in [5, 5.41) is 8.88. The molecule has 0 aliphatic heterocycles. The van der Waals surface area contributed by atoms with Crippen LogP contribution in [-0.4, -0.2) is 22.7 Å². The van der Waals surface area contributed by atoms with Gasteiger partial charge in [0.15, 0.2) is 5.69 Å². The van der Waals surface area contributed by atoms with E-state index in [1.165, 1.54) is 0 Å². The highest BCUT2D eigenvalue weighted by molar-refractivity contribution is 5.94. The topological polar surface area (TPSA) is 85.4 Å². The van der Waals surface area contributed by atoms with Crippen molar-refractivity contribution in [3.8, 4) is 0 Å². The SMILES string of the molecule is CCOC(=O)c1cc(CO)c(C(F)(F)F)nc1N. The number of rotatable bonds is 3. The summed E-state index contributed by atoms with van der Waals surface area (Å²) < 4.78 is 42.3. The molecule has 0 amide bonds. The van der Waals surface area contributed by atoms with Gasteiger partial charge in [0.25, 0.3) is 0 Å². The average Bonchev–Trinajstić information content (AvgIpc) is 2.27. The summed E-state index contributed by atoms with van der Waals surface area (Å²) >= 11 is 0. The number of nitrogens with two attached hydrogens (primary N) is 1. The minimum atomic E-state index is -4.75. The molecule has 3 N–H and O–H groups in total. The average molecular weight is 264 g/mol. The van der Waals surface area contributed by atoms with Crippen molar-refractivity contribution in [2.24, 2.45) is 0 Å². The van der Waals surface area contributed by atoms with Crippen molar-refractivity contribution in [1.82, 2.24) is 4.98 Å². The van der Waals surface area contributed by atoms with Crippen LogP contribution in [0, 0.1) is 0 Å². The Hall–Kier alpha value is -1.83. The van der Waals surface area contributed by atoms with Crippen LogP contribution in [0.2, 0.25) is 0 Å². The fourth-order valence-corrected chi connectivity index (χ4v) is 1.31. The number of nitrogen functional groups attached to an aromatic ring is 1. The summed E-state index contributed by atoms with van der Waals surface area (Å²) in [7, 11) is 0. The first kappa shape index (κ1) is 14.2. The Balaban J connectivity index is 3.31. The summed E-state index contributed by atoms with van der Waals surface area (Å²) in [4.78, 5) is 14.5. The van der Waals surface area contributed by atoms with Crippen LogP contribution >= 0.6 is 0 Å². The van der Waals surface area contributed by atoms with Gasteiger partial charge in [-0.25, -0.2) is 9.78 Å². The first-order chi connectivity index (χ1) is 8.31. The molecule has 0 bridgehead atoms. The number of nitrogens with zero attached hydrogens (tertiary/aromatic N) is 1. The van der Waals surface area contributed by atoms with Crippen molar-refractivity contribution < 1.29 is 27.8 Å². The molecule has 0 radical (unpaired) electrons. The van der Waals surface area contributed by atoms with Gasteiger partial charge in [-0.1, -0.05) is 0 Å². The molecule has 0 aliphatic rings. The Labute approximate surface area is 100 Å². The number of pyridine rings is 1. The van der Waals surface area contributed by atoms with Crippen LogP contribution in [0.3, 0.4) is 0 Å². The third kappa shape index (κ3) is 2.89. The Kier molecular flexibility index (Phi) is 4.12. The van der Waals surface area contributed by atoms with Crippen LogP contribution in [0.15, 0.2) is 6.07 Å². The normalized spacial score (nSPS) is 11.4. The number of carbonyl (C=O) groups excluding carboxylic acids is 1. The van der Waals surface area contributed by atoms with Crippen molar-refractivity contribution in [3.05, 3.63) is 22.9 Å². The Bertz CT molecular complexity index is 460. The van der Waals surface area contributed by atoms with Crippen LogP contribution in [0.4, 0.5) is 19.0 Å². The van der Waals surface area contributed by atoms with Crippen molar-refractivity contribution in [3.63, 3.8) is 0 Å². The van der Waals surface area contributed by atoms with Crippen molar-refractivity contribution >= 4 is 11.8 Å². The predicted octanol–water partition coefficient (Wildman–Crippen LogP) is 1.35. The number of hydrogen-bond donors (Lipinski definition) is 2. The lowest BCUT2D eigenvalue weighted by Gasteiger charge is -2.13. The molecule has 100 valence electrons. The largest absolute Gasteiger partial charge is 0.462 e. The highest BCUT2D eigenvalue weighted by Gasteiger charge is 2.36. The maximum atomic E-state index is 12.6. The first-order valence-electron chi connectivity index (χ1n) is 4.95. The predicted molar refractivity (Wildman–Crippen MR) is 55.5 cm³/mol. The van der Waals surface area contributed by atoms with Gasteiger partial charge in [0, 0.05) is 5.56 Å². The number of halogens is 3. The highest BCUT2D eigenvalue weighted by atomic mass is 19.4. The summed E-state index contributed by atoms with van der Waals surface area (Å²) in [6.45, 7) is 0.681. The van der Waals surface area contributed by atoms with E-state index in [1.54, 1.807) is 6.92 Å². The zero-order chi connectivity index (χ0) is 13.9. The molecule has 18 heavy (non-hydrogen) atoms. The maximum Gasteiger partial charge on any atom is 0.433 e. The second kappa shape index (κ2) is 5.21. The zero-order valence-corrected chi connectivity index (χ0v) is 9.41. The van der Waals surface area contributed by atoms with E-state index in [-0.39, 0.29) is 12.2 Å². The van der Waals surface area contributed by atoms with Crippen LogP contribution in [0.1, 0.15) is 28.5 Å². The van der Waals surface area contributed by atoms with Crippen LogP contribution in [-0.2, 0) is 17.5 Å². The summed E-state index contributed by atoms with van der Waals surface area (Å²) in [5.74, 6) is -1.47. The highest BCUT2D eigenvalue weighted by Crippen LogP contribution is 2.32. The number of anilines is 1. The fourth-order valence-electron chi connectivity index (χ4n) is 1.31. The molecule has 0 aromatic carbocycles. The molecule has 0 unspecified atom stereocenters. The number of hydrogen-bond acceptors (Lipinski definition) is 5. The van der Waals surface area contributed by atoms with Crippen LogP contribution < -0.4 is 5.73 Å². The monoisotopic (exact) mass is 264 g/mol. The molecule has 0 aliphatic carbocycles. The molecule has 1 rings (SSSR count). The number of esters is 1. The van der Waals surface area contributed by atoms with Gasteiger partial charge in [-0.05, 0) is 13.0 Å². The van der Waals surface area contributed by atoms with Crippen molar-refractivity contribution in [2.45, 2.75) is 19.7 Å². The Morgan fingerprint density at radius 2 is 2.17 bits per heavy atom. The van der Waals surface area contributed by atoms with Gasteiger partial charge in [0.2, 0.25) is 0 Å². The molecular formula is C10H11F3N2O3. The van der Waals surface area contributed by atoms with E-state index < -0.39 is 35.8 Å². The lowest BCUT2D eigenvalue weighted by Crippen LogP contribution is -2.17. The number of aromatic nitrogens is 1. The molecule has 5 nitrogen and oxygen atoms in total. The number of aliphatic hydroxyl groups is 1. The van der Waals surface area contributed by atoms with Gasteiger partial charge in [0.1, 0.15) is 11.4 Å². The van der Waals surface area contributed by atoms with Gasteiger partial charge in [-0.2, -0.15) is 13.2 Å². The van der Waals surface area contributed by atoms with E-state index >= 15 is 0 Å². The van der Waals surface area contributed by atoms with Crippen LogP contribution in [0.25, 0.3) is 0 Å². The summed E-state index contributed by atoms with van der Waals surface area (Å²) in [6, 6.07) is 0.836. The zero-order valence-electron chi connectivity index (χ0n) is 9.41. The second-order valence-electron chi connectivity index (χ2n) is 3.31. The lowest BCUT2D eigenvalue weighted by molar-refractivity contribution is -0.142.